The molecule has 27 heavy (non-hydrogen) atoms. The van der Waals surface area contributed by atoms with Crippen molar-refractivity contribution in [3.63, 3.8) is 0 Å². The number of aromatic nitrogens is 2. The molecule has 0 bridgehead atoms. The van der Waals surface area contributed by atoms with E-state index in [0.717, 1.165) is 23.2 Å². The molecule has 0 radical (unpaired) electrons. The van der Waals surface area contributed by atoms with E-state index in [2.05, 4.69) is 20.8 Å². The van der Waals surface area contributed by atoms with Crippen molar-refractivity contribution in [2.75, 3.05) is 30.9 Å². The number of rotatable bonds is 6. The van der Waals surface area contributed by atoms with E-state index in [1.54, 1.807) is 0 Å². The van der Waals surface area contributed by atoms with Gasteiger partial charge >= 0.3 is 6.03 Å². The molecular formula is C20H23N5O2. The van der Waals surface area contributed by atoms with E-state index in [0.29, 0.717) is 23.9 Å². The first kappa shape index (κ1) is 18.4. The monoisotopic (exact) mass is 365 g/mol. The van der Waals surface area contributed by atoms with Crippen LogP contribution in [0.4, 0.5) is 16.2 Å². The molecule has 2 amide bonds. The summed E-state index contributed by atoms with van der Waals surface area (Å²) in [5, 5.41) is 9.66. The molecule has 3 rings (SSSR count). The van der Waals surface area contributed by atoms with E-state index in [-0.39, 0.29) is 6.03 Å². The van der Waals surface area contributed by atoms with Crippen LogP contribution in [0.3, 0.4) is 0 Å². The summed E-state index contributed by atoms with van der Waals surface area (Å²) >= 11 is 0. The van der Waals surface area contributed by atoms with E-state index in [4.69, 9.17) is 4.52 Å². The largest absolute Gasteiger partial charge is 0.378 e. The van der Waals surface area contributed by atoms with Gasteiger partial charge in [0.1, 0.15) is 0 Å². The Hall–Kier alpha value is -3.35. The summed E-state index contributed by atoms with van der Waals surface area (Å²) in [6, 6.07) is 15.0. The Labute approximate surface area is 158 Å². The summed E-state index contributed by atoms with van der Waals surface area (Å²) in [4.78, 5) is 18.3. The zero-order valence-electron chi connectivity index (χ0n) is 15.7. The molecule has 3 aromatic rings. The molecule has 140 valence electrons. The van der Waals surface area contributed by atoms with Crippen molar-refractivity contribution in [3.05, 3.63) is 48.5 Å². The van der Waals surface area contributed by atoms with Gasteiger partial charge in [0.15, 0.2) is 0 Å². The highest BCUT2D eigenvalue weighted by molar-refractivity contribution is 5.89. The Bertz CT molecular complexity index is 920. The molecule has 0 spiro atoms. The van der Waals surface area contributed by atoms with Crippen molar-refractivity contribution in [2.45, 2.75) is 13.3 Å². The Balaban J connectivity index is 1.79. The lowest BCUT2D eigenvalue weighted by Crippen LogP contribution is -2.29. The van der Waals surface area contributed by atoms with Gasteiger partial charge in [-0.2, -0.15) is 4.98 Å². The number of nitrogens with one attached hydrogen (secondary N) is 2. The van der Waals surface area contributed by atoms with Crippen molar-refractivity contribution in [2.24, 2.45) is 0 Å². The molecule has 0 aliphatic rings. The quantitative estimate of drug-likeness (QED) is 0.690. The van der Waals surface area contributed by atoms with Gasteiger partial charge in [-0.3, -0.25) is 0 Å². The van der Waals surface area contributed by atoms with Crippen LogP contribution in [0, 0.1) is 0 Å². The van der Waals surface area contributed by atoms with Crippen LogP contribution < -0.4 is 15.5 Å². The molecule has 0 aliphatic carbocycles. The highest BCUT2D eigenvalue weighted by Crippen LogP contribution is 2.26. The van der Waals surface area contributed by atoms with Crippen LogP contribution in [0.1, 0.15) is 13.3 Å². The smallest absolute Gasteiger partial charge is 0.319 e. The van der Waals surface area contributed by atoms with Gasteiger partial charge in [-0.05, 0) is 36.8 Å². The first-order valence-electron chi connectivity index (χ1n) is 8.83. The molecule has 2 aromatic carbocycles. The van der Waals surface area contributed by atoms with Crippen molar-refractivity contribution in [1.29, 1.82) is 0 Å². The van der Waals surface area contributed by atoms with Gasteiger partial charge in [-0.15, -0.1) is 0 Å². The number of amides is 2. The van der Waals surface area contributed by atoms with E-state index in [9.17, 15) is 4.79 Å². The van der Waals surface area contributed by atoms with Crippen LogP contribution in [0.25, 0.3) is 22.8 Å². The Kier molecular flexibility index (Phi) is 5.71. The minimum Gasteiger partial charge on any atom is -0.378 e. The molecule has 2 N–H and O–H groups in total. The highest BCUT2D eigenvalue weighted by Gasteiger charge is 2.12. The van der Waals surface area contributed by atoms with E-state index in [1.807, 2.05) is 74.4 Å². The van der Waals surface area contributed by atoms with Gasteiger partial charge in [0.2, 0.25) is 5.82 Å². The summed E-state index contributed by atoms with van der Waals surface area (Å²) < 4.78 is 5.43. The fraction of sp³-hybridized carbons (Fsp3) is 0.250. The zero-order valence-corrected chi connectivity index (χ0v) is 15.7. The van der Waals surface area contributed by atoms with E-state index < -0.39 is 0 Å². The molecule has 0 saturated carbocycles. The van der Waals surface area contributed by atoms with Gasteiger partial charge in [-0.25, -0.2) is 4.79 Å². The maximum atomic E-state index is 11.8. The lowest BCUT2D eigenvalue weighted by atomic mass is 10.1. The van der Waals surface area contributed by atoms with Crippen LogP contribution >= 0.6 is 0 Å². The average Bonchev–Trinajstić information content (AvgIpc) is 3.17. The Morgan fingerprint density at radius 3 is 2.67 bits per heavy atom. The summed E-state index contributed by atoms with van der Waals surface area (Å²) in [5.41, 5.74) is 3.34. The molecule has 0 fully saturated rings. The second kappa shape index (κ2) is 8.35. The molecule has 1 aromatic heterocycles. The lowest BCUT2D eigenvalue weighted by Gasteiger charge is -2.12. The van der Waals surface area contributed by atoms with Gasteiger partial charge in [0.05, 0.1) is 0 Å². The molecule has 1 heterocycles. The second-order valence-electron chi connectivity index (χ2n) is 6.33. The molecular weight excluding hydrogens is 342 g/mol. The Morgan fingerprint density at radius 2 is 1.89 bits per heavy atom. The number of anilines is 2. The summed E-state index contributed by atoms with van der Waals surface area (Å²) in [7, 11) is 3.96. The fourth-order valence-corrected chi connectivity index (χ4v) is 2.52. The van der Waals surface area contributed by atoms with Gasteiger partial charge in [0.25, 0.3) is 5.89 Å². The minimum absolute atomic E-state index is 0.233. The summed E-state index contributed by atoms with van der Waals surface area (Å²) in [6.07, 6.45) is 0.883. The minimum atomic E-state index is -0.233. The SMILES string of the molecule is CCCNC(=O)Nc1cccc(-c2noc(-c3cccc(N(C)C)c3)n2)c1. The van der Waals surface area contributed by atoms with Crippen molar-refractivity contribution < 1.29 is 9.32 Å². The van der Waals surface area contributed by atoms with Crippen LogP contribution in [0.2, 0.25) is 0 Å². The number of nitrogens with zero attached hydrogens (tertiary/aromatic N) is 3. The first-order valence-corrected chi connectivity index (χ1v) is 8.83. The van der Waals surface area contributed by atoms with Crippen molar-refractivity contribution in [1.82, 2.24) is 15.5 Å². The van der Waals surface area contributed by atoms with Crippen molar-refractivity contribution >= 4 is 17.4 Å². The van der Waals surface area contributed by atoms with Gasteiger partial charge in [-0.1, -0.05) is 30.3 Å². The van der Waals surface area contributed by atoms with Gasteiger partial charge < -0.3 is 20.1 Å². The van der Waals surface area contributed by atoms with Crippen LogP contribution in [-0.4, -0.2) is 36.8 Å². The average molecular weight is 365 g/mol. The summed E-state index contributed by atoms with van der Waals surface area (Å²) in [5.74, 6) is 0.922. The molecule has 7 heteroatoms. The number of hydrogen-bond donors (Lipinski definition) is 2. The third-order valence-electron chi connectivity index (χ3n) is 3.95. The highest BCUT2D eigenvalue weighted by atomic mass is 16.5. The maximum absolute atomic E-state index is 11.8. The second-order valence-corrected chi connectivity index (χ2v) is 6.33. The van der Waals surface area contributed by atoms with Gasteiger partial charge in [0, 0.05) is 43.1 Å². The number of hydrogen-bond acceptors (Lipinski definition) is 5. The standard InChI is InChI=1S/C20H23N5O2/c1-4-11-21-20(26)22-16-9-5-7-14(12-16)18-23-19(27-24-18)15-8-6-10-17(13-15)25(2)3/h5-10,12-13H,4,11H2,1-3H3,(H2,21,22,26). The number of benzene rings is 2. The predicted molar refractivity (Wildman–Crippen MR) is 107 cm³/mol. The van der Waals surface area contributed by atoms with E-state index in [1.165, 1.54) is 0 Å². The molecule has 7 nitrogen and oxygen atoms in total. The number of carbonyl (C=O) groups excluding carboxylic acids is 1. The normalized spacial score (nSPS) is 10.5. The fourth-order valence-electron chi connectivity index (χ4n) is 2.52. The van der Waals surface area contributed by atoms with Crippen LogP contribution in [0.15, 0.2) is 53.1 Å². The Morgan fingerprint density at radius 1 is 1.11 bits per heavy atom. The molecule has 0 saturated heterocycles. The molecule has 0 atom stereocenters. The lowest BCUT2D eigenvalue weighted by molar-refractivity contribution is 0.252. The number of carbonyl (C=O) groups is 1. The van der Waals surface area contributed by atoms with Crippen molar-refractivity contribution in [3.8, 4) is 22.8 Å². The van der Waals surface area contributed by atoms with E-state index >= 15 is 0 Å². The third-order valence-corrected chi connectivity index (χ3v) is 3.95. The topological polar surface area (TPSA) is 83.3 Å². The molecule has 0 unspecified atom stereocenters. The maximum Gasteiger partial charge on any atom is 0.319 e. The third kappa shape index (κ3) is 4.63. The van der Waals surface area contributed by atoms with Crippen LogP contribution in [0.5, 0.6) is 0 Å². The summed E-state index contributed by atoms with van der Waals surface area (Å²) in [6.45, 7) is 2.63. The number of urea groups is 1. The molecule has 0 aliphatic heterocycles. The van der Waals surface area contributed by atoms with Crippen LogP contribution in [-0.2, 0) is 0 Å². The first-order chi connectivity index (χ1) is 13.1. The predicted octanol–water partition coefficient (Wildman–Crippen LogP) is 4.00. The zero-order chi connectivity index (χ0) is 19.2.